The molecule has 0 aliphatic rings. The lowest BCUT2D eigenvalue weighted by atomic mass is 10.2. The number of hydrogen-bond donors (Lipinski definition) is 2. The van der Waals surface area contributed by atoms with Gasteiger partial charge in [0.1, 0.15) is 11.5 Å². The van der Waals surface area contributed by atoms with Crippen LogP contribution >= 0.6 is 11.6 Å². The lowest BCUT2D eigenvalue weighted by molar-refractivity contribution is 0.317. The van der Waals surface area contributed by atoms with Crippen LogP contribution < -0.4 is 10.1 Å². The van der Waals surface area contributed by atoms with E-state index in [1.165, 1.54) is 0 Å². The molecular weight excluding hydrogens is 274 g/mol. The molecule has 0 heterocycles. The van der Waals surface area contributed by atoms with Gasteiger partial charge in [-0.1, -0.05) is 36.7 Å². The first kappa shape index (κ1) is 14.5. The van der Waals surface area contributed by atoms with E-state index in [9.17, 15) is 5.11 Å². The number of aromatic hydroxyl groups is 1. The number of halogens is 1. The Bertz CT molecular complexity index is 572. The summed E-state index contributed by atoms with van der Waals surface area (Å²) >= 11 is 5.88. The minimum absolute atomic E-state index is 0.125. The van der Waals surface area contributed by atoms with Crippen LogP contribution in [-0.4, -0.2) is 11.7 Å². The zero-order valence-electron chi connectivity index (χ0n) is 11.4. The van der Waals surface area contributed by atoms with Crippen LogP contribution in [0.25, 0.3) is 0 Å². The fraction of sp³-hybridized carbons (Fsp3) is 0.250. The zero-order valence-corrected chi connectivity index (χ0v) is 12.2. The van der Waals surface area contributed by atoms with Crippen LogP contribution in [0.5, 0.6) is 11.5 Å². The predicted octanol–water partition coefficient (Wildman–Crippen LogP) is 4.45. The molecule has 0 aromatic heterocycles. The second-order valence-electron chi connectivity index (χ2n) is 4.48. The van der Waals surface area contributed by atoms with Crippen molar-refractivity contribution >= 4 is 17.3 Å². The third-order valence-corrected chi connectivity index (χ3v) is 3.17. The van der Waals surface area contributed by atoms with Crippen LogP contribution in [-0.2, 0) is 6.54 Å². The lowest BCUT2D eigenvalue weighted by Gasteiger charge is -2.11. The van der Waals surface area contributed by atoms with Crippen LogP contribution in [0.1, 0.15) is 18.9 Å². The Morgan fingerprint density at radius 2 is 2.00 bits per heavy atom. The molecule has 4 heteroatoms. The molecule has 2 N–H and O–H groups in total. The van der Waals surface area contributed by atoms with E-state index in [4.69, 9.17) is 16.3 Å². The molecule has 3 nitrogen and oxygen atoms in total. The first-order valence-electron chi connectivity index (χ1n) is 6.63. The molecule has 0 aliphatic carbocycles. The monoisotopic (exact) mass is 291 g/mol. The second-order valence-corrected chi connectivity index (χ2v) is 4.88. The Balaban J connectivity index is 2.01. The summed E-state index contributed by atoms with van der Waals surface area (Å²) in [6.45, 7) is 3.28. The molecule has 106 valence electrons. The third-order valence-electron chi connectivity index (χ3n) is 2.86. The Morgan fingerprint density at radius 1 is 1.20 bits per heavy atom. The van der Waals surface area contributed by atoms with Crippen LogP contribution in [0.2, 0.25) is 5.02 Å². The highest BCUT2D eigenvalue weighted by molar-refractivity contribution is 6.32. The molecule has 0 unspecified atom stereocenters. The minimum atomic E-state index is 0.125. The Morgan fingerprint density at radius 3 is 2.80 bits per heavy atom. The number of phenolic OH excluding ortho intramolecular Hbond substituents is 1. The first-order valence-corrected chi connectivity index (χ1v) is 7.01. The highest BCUT2D eigenvalue weighted by atomic mass is 35.5. The van der Waals surface area contributed by atoms with Crippen molar-refractivity contribution in [3.8, 4) is 11.5 Å². The number of benzene rings is 2. The maximum atomic E-state index is 9.85. The molecule has 20 heavy (non-hydrogen) atoms. The molecule has 0 saturated carbocycles. The average Bonchev–Trinajstić information content (AvgIpc) is 2.47. The summed E-state index contributed by atoms with van der Waals surface area (Å²) in [5.74, 6) is 0.965. The van der Waals surface area contributed by atoms with Crippen molar-refractivity contribution in [1.82, 2.24) is 0 Å². The number of nitrogens with one attached hydrogen (secondary N) is 1. The van der Waals surface area contributed by atoms with Gasteiger partial charge in [-0.2, -0.15) is 0 Å². The number of para-hydroxylation sites is 1. The van der Waals surface area contributed by atoms with Gasteiger partial charge in [0.25, 0.3) is 0 Å². The van der Waals surface area contributed by atoms with Gasteiger partial charge in [0.2, 0.25) is 0 Å². The highest BCUT2D eigenvalue weighted by Crippen LogP contribution is 2.27. The molecule has 2 rings (SSSR count). The van der Waals surface area contributed by atoms with Crippen molar-refractivity contribution in [2.75, 3.05) is 11.9 Å². The molecule has 0 saturated heterocycles. The number of anilines is 1. The van der Waals surface area contributed by atoms with Crippen molar-refractivity contribution in [2.45, 2.75) is 19.9 Å². The number of phenols is 1. The van der Waals surface area contributed by atoms with Gasteiger partial charge >= 0.3 is 0 Å². The summed E-state index contributed by atoms with van der Waals surface area (Å²) in [4.78, 5) is 0. The normalized spacial score (nSPS) is 10.3. The molecule has 0 aliphatic heterocycles. The topological polar surface area (TPSA) is 41.5 Å². The van der Waals surface area contributed by atoms with Crippen molar-refractivity contribution in [3.05, 3.63) is 53.1 Å². The quantitative estimate of drug-likeness (QED) is 0.826. The fourth-order valence-electron chi connectivity index (χ4n) is 1.82. The summed E-state index contributed by atoms with van der Waals surface area (Å²) in [6, 6.07) is 13.1. The number of hydrogen-bond acceptors (Lipinski definition) is 3. The van der Waals surface area contributed by atoms with Gasteiger partial charge in [-0.15, -0.1) is 0 Å². The second kappa shape index (κ2) is 7.06. The maximum Gasteiger partial charge on any atom is 0.139 e. The maximum absolute atomic E-state index is 9.85. The zero-order chi connectivity index (χ0) is 14.4. The number of ether oxygens (including phenoxy) is 1. The molecule has 0 fully saturated rings. The molecule has 2 aromatic carbocycles. The molecule has 2 aromatic rings. The van der Waals surface area contributed by atoms with E-state index in [-0.39, 0.29) is 5.75 Å². The SMILES string of the molecule is CCCOc1cccc(NCc2cccc(Cl)c2O)c1. The first-order chi connectivity index (χ1) is 9.70. The van der Waals surface area contributed by atoms with E-state index in [1.807, 2.05) is 36.4 Å². The van der Waals surface area contributed by atoms with Gasteiger partial charge in [0.05, 0.1) is 11.6 Å². The van der Waals surface area contributed by atoms with E-state index in [2.05, 4.69) is 12.2 Å². The summed E-state index contributed by atoms with van der Waals surface area (Å²) < 4.78 is 5.58. The van der Waals surface area contributed by atoms with Crippen LogP contribution in [0.15, 0.2) is 42.5 Å². The van der Waals surface area contributed by atoms with Gasteiger partial charge in [-0.05, 0) is 24.6 Å². The third kappa shape index (κ3) is 3.81. The van der Waals surface area contributed by atoms with E-state index < -0.39 is 0 Å². The predicted molar refractivity (Wildman–Crippen MR) is 82.7 cm³/mol. The summed E-state index contributed by atoms with van der Waals surface area (Å²) in [5, 5.41) is 13.5. The van der Waals surface area contributed by atoms with Gasteiger partial charge in [-0.25, -0.2) is 0 Å². The Labute approximate surface area is 124 Å². The van der Waals surface area contributed by atoms with E-state index >= 15 is 0 Å². The van der Waals surface area contributed by atoms with Gasteiger partial charge in [-0.3, -0.25) is 0 Å². The Hall–Kier alpha value is -1.87. The molecule has 0 spiro atoms. The molecule has 0 atom stereocenters. The lowest BCUT2D eigenvalue weighted by Crippen LogP contribution is -2.01. The van der Waals surface area contributed by atoms with Crippen LogP contribution in [0.4, 0.5) is 5.69 Å². The molecule has 0 bridgehead atoms. The molecular formula is C16H18ClNO2. The number of rotatable bonds is 6. The summed E-state index contributed by atoms with van der Waals surface area (Å²) in [7, 11) is 0. The average molecular weight is 292 g/mol. The molecule has 0 amide bonds. The van der Waals surface area contributed by atoms with E-state index in [1.54, 1.807) is 6.07 Å². The van der Waals surface area contributed by atoms with Crippen LogP contribution in [0.3, 0.4) is 0 Å². The van der Waals surface area contributed by atoms with Gasteiger partial charge in [0, 0.05) is 23.9 Å². The summed E-state index contributed by atoms with van der Waals surface area (Å²) in [5.41, 5.74) is 1.70. The fourth-order valence-corrected chi connectivity index (χ4v) is 2.01. The van der Waals surface area contributed by atoms with Gasteiger partial charge in [0.15, 0.2) is 0 Å². The molecule has 0 radical (unpaired) electrons. The van der Waals surface area contributed by atoms with Crippen molar-refractivity contribution in [2.24, 2.45) is 0 Å². The van der Waals surface area contributed by atoms with E-state index in [0.29, 0.717) is 18.2 Å². The Kier molecular flexibility index (Phi) is 5.13. The van der Waals surface area contributed by atoms with Crippen molar-refractivity contribution in [1.29, 1.82) is 0 Å². The largest absolute Gasteiger partial charge is 0.506 e. The van der Waals surface area contributed by atoms with Crippen LogP contribution in [0, 0.1) is 0 Å². The smallest absolute Gasteiger partial charge is 0.139 e. The van der Waals surface area contributed by atoms with Crippen molar-refractivity contribution in [3.63, 3.8) is 0 Å². The highest BCUT2D eigenvalue weighted by Gasteiger charge is 2.05. The minimum Gasteiger partial charge on any atom is -0.506 e. The standard InChI is InChI=1S/C16H18ClNO2/c1-2-9-20-14-7-4-6-13(10-14)18-11-12-5-3-8-15(17)16(12)19/h3-8,10,18-19H,2,9,11H2,1H3. The summed E-state index contributed by atoms with van der Waals surface area (Å²) in [6.07, 6.45) is 0.980. The van der Waals surface area contributed by atoms with Gasteiger partial charge < -0.3 is 15.2 Å². The van der Waals surface area contributed by atoms with E-state index in [0.717, 1.165) is 23.4 Å². The van der Waals surface area contributed by atoms with Crippen molar-refractivity contribution < 1.29 is 9.84 Å².